The number of methoxy groups -OCH3 is 1. The summed E-state index contributed by atoms with van der Waals surface area (Å²) in [7, 11) is 1.64. The van der Waals surface area contributed by atoms with Crippen LogP contribution in [0.1, 0.15) is 0 Å². The molecule has 7 heteroatoms. The molecule has 0 aliphatic rings. The number of hydrogen-bond acceptors (Lipinski definition) is 6. The molecule has 0 bridgehead atoms. The topological polar surface area (TPSA) is 88.6 Å². The predicted octanol–water partition coefficient (Wildman–Crippen LogP) is 4.32. The van der Waals surface area contributed by atoms with Gasteiger partial charge in [0.05, 0.1) is 23.7 Å². The first-order valence-electron chi connectivity index (χ1n) is 8.78. The molecule has 0 radical (unpaired) electrons. The highest BCUT2D eigenvalue weighted by molar-refractivity contribution is 5.93. The molecule has 3 heterocycles. The van der Waals surface area contributed by atoms with Crippen LogP contribution in [0.4, 0.5) is 11.8 Å². The Morgan fingerprint density at radius 1 is 0.929 bits per heavy atom. The molecule has 0 saturated heterocycles. The largest absolute Gasteiger partial charge is 0.497 e. The summed E-state index contributed by atoms with van der Waals surface area (Å²) in [5.74, 6) is 2.57. The summed E-state index contributed by atoms with van der Waals surface area (Å²) in [6.07, 6.45) is 3.47. The van der Waals surface area contributed by atoms with E-state index < -0.39 is 0 Å². The number of H-pyrrole nitrogens is 1. The van der Waals surface area contributed by atoms with E-state index in [9.17, 15) is 0 Å². The molecule has 0 aliphatic carbocycles. The number of ether oxygens (including phenoxy) is 1. The molecular formula is C21H16N6O. The van der Waals surface area contributed by atoms with Gasteiger partial charge in [0, 0.05) is 23.3 Å². The van der Waals surface area contributed by atoms with Crippen LogP contribution in [-0.4, -0.2) is 32.0 Å². The molecule has 2 aromatic carbocycles. The Bertz CT molecular complexity index is 1250. The van der Waals surface area contributed by atoms with Crippen LogP contribution < -0.4 is 10.1 Å². The van der Waals surface area contributed by atoms with Crippen LogP contribution in [0.5, 0.6) is 5.75 Å². The van der Waals surface area contributed by atoms with Crippen LogP contribution in [0.25, 0.3) is 33.3 Å². The number of imidazole rings is 1. The lowest BCUT2D eigenvalue weighted by Gasteiger charge is -2.10. The van der Waals surface area contributed by atoms with Gasteiger partial charge in [-0.3, -0.25) is 4.98 Å². The number of anilines is 2. The van der Waals surface area contributed by atoms with Gasteiger partial charge in [-0.05, 0) is 42.5 Å². The number of benzene rings is 2. The van der Waals surface area contributed by atoms with Crippen LogP contribution in [0, 0.1) is 0 Å². The van der Waals surface area contributed by atoms with Crippen molar-refractivity contribution in [3.05, 3.63) is 67.0 Å². The number of para-hydroxylation sites is 2. The number of nitrogens with one attached hydrogen (secondary N) is 2. The van der Waals surface area contributed by atoms with Crippen molar-refractivity contribution in [2.45, 2.75) is 0 Å². The minimum absolute atomic E-state index is 0.587. The van der Waals surface area contributed by atoms with Crippen LogP contribution in [-0.2, 0) is 0 Å². The zero-order valence-corrected chi connectivity index (χ0v) is 15.0. The highest BCUT2D eigenvalue weighted by Crippen LogP contribution is 2.29. The summed E-state index contributed by atoms with van der Waals surface area (Å²) < 4.78 is 5.37. The molecule has 5 aromatic rings. The Hall–Kier alpha value is -4.00. The van der Waals surface area contributed by atoms with E-state index in [0.717, 1.165) is 33.2 Å². The number of nitrogens with zero attached hydrogens (tertiary/aromatic N) is 4. The molecule has 136 valence electrons. The Kier molecular flexibility index (Phi) is 3.83. The van der Waals surface area contributed by atoms with Crippen molar-refractivity contribution >= 4 is 33.7 Å². The first-order chi connectivity index (χ1) is 13.8. The van der Waals surface area contributed by atoms with Gasteiger partial charge in [-0.1, -0.05) is 12.1 Å². The second-order valence-electron chi connectivity index (χ2n) is 6.25. The third-order valence-corrected chi connectivity index (χ3v) is 4.45. The third kappa shape index (κ3) is 2.88. The average molecular weight is 368 g/mol. The zero-order valence-electron chi connectivity index (χ0n) is 15.0. The fraction of sp³-hybridized carbons (Fsp3) is 0.0476. The molecule has 7 nitrogen and oxygen atoms in total. The molecule has 0 saturated carbocycles. The average Bonchev–Trinajstić information content (AvgIpc) is 3.16. The van der Waals surface area contributed by atoms with Gasteiger partial charge in [-0.15, -0.1) is 0 Å². The van der Waals surface area contributed by atoms with Crippen LogP contribution in [0.2, 0.25) is 0 Å². The SMILES string of the molecule is COc1ccc2nc(-c3cccnc3)nc(Nc3nc4ccccc4[nH]3)c2c1. The Balaban J connectivity index is 1.67. The van der Waals surface area contributed by atoms with Crippen LogP contribution in [0.3, 0.4) is 0 Å². The van der Waals surface area contributed by atoms with Gasteiger partial charge in [-0.2, -0.15) is 0 Å². The molecule has 2 N–H and O–H groups in total. The van der Waals surface area contributed by atoms with E-state index in [2.05, 4.69) is 25.3 Å². The van der Waals surface area contributed by atoms with Crippen molar-refractivity contribution < 1.29 is 4.74 Å². The zero-order chi connectivity index (χ0) is 18.9. The van der Waals surface area contributed by atoms with Gasteiger partial charge >= 0.3 is 0 Å². The highest BCUT2D eigenvalue weighted by Gasteiger charge is 2.12. The summed E-state index contributed by atoms with van der Waals surface area (Å²) in [6.45, 7) is 0. The lowest BCUT2D eigenvalue weighted by atomic mass is 10.2. The number of fused-ring (bicyclic) bond motifs is 2. The first-order valence-corrected chi connectivity index (χ1v) is 8.78. The standard InChI is InChI=1S/C21H16N6O/c1-28-14-8-9-16-15(11-14)20(26-19(23-16)13-5-4-10-22-12-13)27-21-24-17-6-2-3-7-18(17)25-21/h2-12H,1H3,(H2,23,24,25,26,27). The number of hydrogen-bond donors (Lipinski definition) is 2. The van der Waals surface area contributed by atoms with Crippen molar-refractivity contribution in [3.8, 4) is 17.1 Å². The van der Waals surface area contributed by atoms with Gasteiger partial charge < -0.3 is 15.0 Å². The highest BCUT2D eigenvalue weighted by atomic mass is 16.5. The normalized spacial score (nSPS) is 11.0. The summed E-state index contributed by atoms with van der Waals surface area (Å²) in [5, 5.41) is 4.14. The van der Waals surface area contributed by atoms with E-state index in [1.807, 2.05) is 54.6 Å². The number of pyridine rings is 1. The van der Waals surface area contributed by atoms with Gasteiger partial charge in [0.1, 0.15) is 11.6 Å². The van der Waals surface area contributed by atoms with E-state index in [0.29, 0.717) is 17.6 Å². The second-order valence-corrected chi connectivity index (χ2v) is 6.25. The third-order valence-electron chi connectivity index (χ3n) is 4.45. The van der Waals surface area contributed by atoms with Crippen molar-refractivity contribution in [1.82, 2.24) is 24.9 Å². The van der Waals surface area contributed by atoms with Crippen molar-refractivity contribution in [2.75, 3.05) is 12.4 Å². The summed E-state index contributed by atoms with van der Waals surface area (Å²) in [4.78, 5) is 21.5. The molecule has 3 aromatic heterocycles. The summed E-state index contributed by atoms with van der Waals surface area (Å²) in [5.41, 5.74) is 3.47. The molecule has 0 aliphatic heterocycles. The van der Waals surface area contributed by atoms with E-state index in [-0.39, 0.29) is 0 Å². The number of rotatable bonds is 4. The molecule has 0 atom stereocenters. The maximum absolute atomic E-state index is 5.37. The predicted molar refractivity (Wildman–Crippen MR) is 109 cm³/mol. The quantitative estimate of drug-likeness (QED) is 0.491. The van der Waals surface area contributed by atoms with Gasteiger partial charge in [0.2, 0.25) is 5.95 Å². The summed E-state index contributed by atoms with van der Waals surface area (Å²) in [6, 6.07) is 17.4. The molecule has 0 spiro atoms. The van der Waals surface area contributed by atoms with Crippen molar-refractivity contribution in [2.24, 2.45) is 0 Å². The second kappa shape index (κ2) is 6.62. The van der Waals surface area contributed by atoms with Gasteiger partial charge in [-0.25, -0.2) is 15.0 Å². The monoisotopic (exact) mass is 368 g/mol. The number of aromatic amines is 1. The Labute approximate surface area is 160 Å². The molecule has 28 heavy (non-hydrogen) atoms. The minimum Gasteiger partial charge on any atom is -0.497 e. The lowest BCUT2D eigenvalue weighted by molar-refractivity contribution is 0.415. The van der Waals surface area contributed by atoms with E-state index in [1.54, 1.807) is 19.5 Å². The van der Waals surface area contributed by atoms with Gasteiger partial charge in [0.15, 0.2) is 5.82 Å². The number of aromatic nitrogens is 5. The smallest absolute Gasteiger partial charge is 0.206 e. The molecular weight excluding hydrogens is 352 g/mol. The fourth-order valence-electron chi connectivity index (χ4n) is 3.08. The van der Waals surface area contributed by atoms with E-state index >= 15 is 0 Å². The van der Waals surface area contributed by atoms with Gasteiger partial charge in [0.25, 0.3) is 0 Å². The van der Waals surface area contributed by atoms with Crippen molar-refractivity contribution in [3.63, 3.8) is 0 Å². The minimum atomic E-state index is 0.587. The lowest BCUT2D eigenvalue weighted by Crippen LogP contribution is -2.01. The van der Waals surface area contributed by atoms with Crippen LogP contribution in [0.15, 0.2) is 67.0 Å². The first kappa shape index (κ1) is 16.2. The van der Waals surface area contributed by atoms with E-state index in [1.165, 1.54) is 0 Å². The molecule has 0 fully saturated rings. The van der Waals surface area contributed by atoms with Crippen LogP contribution >= 0.6 is 0 Å². The Morgan fingerprint density at radius 2 is 1.86 bits per heavy atom. The Morgan fingerprint density at radius 3 is 2.68 bits per heavy atom. The van der Waals surface area contributed by atoms with E-state index in [4.69, 9.17) is 9.72 Å². The molecule has 5 rings (SSSR count). The molecule has 0 amide bonds. The molecule has 0 unspecified atom stereocenters. The maximum atomic E-state index is 5.37. The maximum Gasteiger partial charge on any atom is 0.206 e. The summed E-state index contributed by atoms with van der Waals surface area (Å²) >= 11 is 0. The van der Waals surface area contributed by atoms with Crippen molar-refractivity contribution in [1.29, 1.82) is 0 Å². The fourth-order valence-corrected chi connectivity index (χ4v) is 3.08.